The molecular formula is C27H46O13. The molecule has 2 saturated heterocycles. The number of ether oxygens (including phenoxy) is 4. The molecule has 13 heteroatoms. The fourth-order valence-electron chi connectivity index (χ4n) is 8.24. The molecule has 3 aliphatic carbocycles. The molecule has 40 heavy (non-hydrogen) atoms. The van der Waals surface area contributed by atoms with Crippen molar-refractivity contribution in [2.45, 2.75) is 107 Å². The minimum Gasteiger partial charge on any atom is -0.394 e. The van der Waals surface area contributed by atoms with Gasteiger partial charge in [0.15, 0.2) is 12.6 Å². The van der Waals surface area contributed by atoms with Crippen molar-refractivity contribution in [1.82, 2.24) is 0 Å². The Labute approximate surface area is 233 Å². The number of aliphatic hydroxyl groups is 9. The second-order valence-corrected chi connectivity index (χ2v) is 13.0. The van der Waals surface area contributed by atoms with Crippen molar-refractivity contribution in [3.63, 3.8) is 0 Å². The maximum atomic E-state index is 11.9. The van der Waals surface area contributed by atoms with Gasteiger partial charge in [-0.15, -0.1) is 0 Å². The summed E-state index contributed by atoms with van der Waals surface area (Å²) in [6.45, 7) is 3.29. The van der Waals surface area contributed by atoms with Crippen molar-refractivity contribution in [3.05, 3.63) is 0 Å². The van der Waals surface area contributed by atoms with Crippen LogP contribution in [0.4, 0.5) is 0 Å². The summed E-state index contributed by atoms with van der Waals surface area (Å²) in [6, 6.07) is 0. The van der Waals surface area contributed by atoms with Crippen LogP contribution < -0.4 is 0 Å². The lowest BCUT2D eigenvalue weighted by Gasteiger charge is -2.43. The zero-order chi connectivity index (χ0) is 29.1. The molecule has 2 heterocycles. The molecule has 9 N–H and O–H groups in total. The van der Waals surface area contributed by atoms with E-state index in [4.69, 9.17) is 18.9 Å². The summed E-state index contributed by atoms with van der Waals surface area (Å²) in [5, 5.41) is 91.9. The number of aliphatic hydroxyl groups excluding tert-OH is 8. The highest BCUT2D eigenvalue weighted by Gasteiger charge is 2.70. The molecular weight excluding hydrogens is 532 g/mol. The Bertz CT molecular complexity index is 875. The van der Waals surface area contributed by atoms with Gasteiger partial charge in [0.25, 0.3) is 0 Å². The first-order chi connectivity index (χ1) is 18.9. The lowest BCUT2D eigenvalue weighted by atomic mass is 9.73. The number of fused-ring (bicyclic) bond motifs is 3. The number of hydrogen-bond acceptors (Lipinski definition) is 13. The highest BCUT2D eigenvalue weighted by atomic mass is 16.7. The Morgan fingerprint density at radius 1 is 0.700 bits per heavy atom. The second-order valence-electron chi connectivity index (χ2n) is 13.0. The van der Waals surface area contributed by atoms with Gasteiger partial charge in [0.1, 0.15) is 48.8 Å². The summed E-state index contributed by atoms with van der Waals surface area (Å²) in [5.74, 6) is 0.812. The molecule has 0 aromatic heterocycles. The Hall–Kier alpha value is -0.520. The minimum absolute atomic E-state index is 0.100. The van der Waals surface area contributed by atoms with E-state index in [0.29, 0.717) is 18.8 Å². The van der Waals surface area contributed by atoms with Crippen LogP contribution in [0.25, 0.3) is 0 Å². The molecule has 5 aliphatic rings. The first kappa shape index (κ1) is 30.9. The van der Waals surface area contributed by atoms with Crippen LogP contribution >= 0.6 is 0 Å². The average molecular weight is 579 g/mol. The maximum Gasteiger partial charge on any atom is 0.186 e. The molecule has 0 radical (unpaired) electrons. The summed E-state index contributed by atoms with van der Waals surface area (Å²) < 4.78 is 22.8. The van der Waals surface area contributed by atoms with E-state index in [0.717, 1.165) is 12.8 Å². The average Bonchev–Trinajstić information content (AvgIpc) is 3.37. The molecule has 17 atom stereocenters. The van der Waals surface area contributed by atoms with Crippen molar-refractivity contribution in [2.24, 2.45) is 35.0 Å². The first-order valence-corrected chi connectivity index (χ1v) is 14.4. The first-order valence-electron chi connectivity index (χ1n) is 14.4. The summed E-state index contributed by atoms with van der Waals surface area (Å²) >= 11 is 0. The third-order valence-corrected chi connectivity index (χ3v) is 10.7. The molecule has 2 aliphatic heterocycles. The zero-order valence-corrected chi connectivity index (χ0v) is 23.0. The van der Waals surface area contributed by atoms with Crippen molar-refractivity contribution < 1.29 is 64.9 Å². The van der Waals surface area contributed by atoms with Gasteiger partial charge in [-0.3, -0.25) is 0 Å². The SMILES string of the molecule is CC1CCC2C1C1C(CCC2(O)COC2OC(CO)C(O)C(O)C2O)C1(C)COC1OC(CO)C(O)C(O)C1O. The van der Waals surface area contributed by atoms with Crippen molar-refractivity contribution in [3.8, 4) is 0 Å². The molecule has 0 amide bonds. The van der Waals surface area contributed by atoms with Crippen LogP contribution in [0.5, 0.6) is 0 Å². The third kappa shape index (κ3) is 5.14. The lowest BCUT2D eigenvalue weighted by molar-refractivity contribution is -0.311. The second kappa shape index (κ2) is 11.5. The molecule has 5 fully saturated rings. The van der Waals surface area contributed by atoms with Gasteiger partial charge in [-0.25, -0.2) is 0 Å². The van der Waals surface area contributed by atoms with E-state index < -0.39 is 80.2 Å². The molecule has 5 rings (SSSR count). The van der Waals surface area contributed by atoms with Crippen LogP contribution in [0.1, 0.15) is 39.5 Å². The Morgan fingerprint density at radius 2 is 1.23 bits per heavy atom. The van der Waals surface area contributed by atoms with E-state index >= 15 is 0 Å². The highest BCUT2D eigenvalue weighted by molar-refractivity contribution is 5.17. The summed E-state index contributed by atoms with van der Waals surface area (Å²) in [4.78, 5) is 0. The van der Waals surface area contributed by atoms with Crippen LogP contribution in [0.3, 0.4) is 0 Å². The van der Waals surface area contributed by atoms with Crippen LogP contribution in [0.15, 0.2) is 0 Å². The normalized spacial score (nSPS) is 56.3. The standard InChI is InChI=1S/C27H46O13/c1-11-3-4-12-16(11)17-13(26(17,2)9-37-24-22(34)20(32)18(30)14(7-28)39-24)5-6-27(12,36)10-38-25-23(35)21(33)19(31)15(8-29)40-25/h11-25,28-36H,3-10H2,1-2H3. The molecule has 232 valence electrons. The van der Waals surface area contributed by atoms with E-state index in [2.05, 4.69) is 13.8 Å². The molecule has 13 nitrogen and oxygen atoms in total. The minimum atomic E-state index is -1.56. The van der Waals surface area contributed by atoms with E-state index in [9.17, 15) is 46.0 Å². The Morgan fingerprint density at radius 3 is 1.75 bits per heavy atom. The molecule has 3 saturated carbocycles. The molecule has 0 bridgehead atoms. The van der Waals surface area contributed by atoms with Gasteiger partial charge in [0.2, 0.25) is 0 Å². The van der Waals surface area contributed by atoms with E-state index in [-0.39, 0.29) is 42.3 Å². The quantitative estimate of drug-likeness (QED) is 0.141. The van der Waals surface area contributed by atoms with Gasteiger partial charge in [0.05, 0.1) is 32.0 Å². The van der Waals surface area contributed by atoms with Crippen LogP contribution in [0.2, 0.25) is 0 Å². The van der Waals surface area contributed by atoms with Gasteiger partial charge in [0, 0.05) is 0 Å². The van der Waals surface area contributed by atoms with Crippen molar-refractivity contribution in [1.29, 1.82) is 0 Å². The summed E-state index contributed by atoms with van der Waals surface area (Å²) in [5.41, 5.74) is -1.47. The molecule has 0 spiro atoms. The fourth-order valence-corrected chi connectivity index (χ4v) is 8.24. The Kier molecular flexibility index (Phi) is 8.91. The van der Waals surface area contributed by atoms with Crippen LogP contribution in [-0.2, 0) is 18.9 Å². The van der Waals surface area contributed by atoms with Gasteiger partial charge in [-0.2, -0.15) is 0 Å². The maximum absolute atomic E-state index is 11.9. The van der Waals surface area contributed by atoms with E-state index in [1.54, 1.807) is 0 Å². The van der Waals surface area contributed by atoms with Crippen molar-refractivity contribution >= 4 is 0 Å². The van der Waals surface area contributed by atoms with Crippen LogP contribution in [-0.4, -0.2) is 139 Å². The van der Waals surface area contributed by atoms with Gasteiger partial charge in [-0.05, 0) is 54.3 Å². The largest absolute Gasteiger partial charge is 0.394 e. The van der Waals surface area contributed by atoms with E-state index in [1.807, 2.05) is 0 Å². The Balaban J connectivity index is 1.24. The predicted molar refractivity (Wildman–Crippen MR) is 134 cm³/mol. The number of rotatable bonds is 8. The summed E-state index contributed by atoms with van der Waals surface area (Å²) in [6.07, 6.45) is -10.9. The third-order valence-electron chi connectivity index (χ3n) is 10.7. The fraction of sp³-hybridized carbons (Fsp3) is 1.00. The predicted octanol–water partition coefficient (Wildman–Crippen LogP) is -2.94. The number of hydrogen-bond donors (Lipinski definition) is 9. The highest BCUT2D eigenvalue weighted by Crippen LogP contribution is 2.71. The van der Waals surface area contributed by atoms with Crippen LogP contribution in [0, 0.1) is 35.0 Å². The smallest absolute Gasteiger partial charge is 0.186 e. The van der Waals surface area contributed by atoms with Gasteiger partial charge < -0.3 is 64.9 Å². The van der Waals surface area contributed by atoms with Crippen molar-refractivity contribution in [2.75, 3.05) is 26.4 Å². The molecule has 0 aromatic rings. The van der Waals surface area contributed by atoms with Gasteiger partial charge in [-0.1, -0.05) is 20.3 Å². The van der Waals surface area contributed by atoms with Gasteiger partial charge >= 0.3 is 0 Å². The molecule has 0 aromatic carbocycles. The monoisotopic (exact) mass is 578 g/mol. The van der Waals surface area contributed by atoms with E-state index in [1.165, 1.54) is 0 Å². The lowest BCUT2D eigenvalue weighted by Crippen LogP contribution is -2.60. The zero-order valence-electron chi connectivity index (χ0n) is 23.0. The molecule has 17 unspecified atom stereocenters. The topological polar surface area (TPSA) is 219 Å². The summed E-state index contributed by atoms with van der Waals surface area (Å²) in [7, 11) is 0.